The van der Waals surface area contributed by atoms with Crippen molar-refractivity contribution in [3.63, 3.8) is 0 Å². The topological polar surface area (TPSA) is 41.1 Å². The van der Waals surface area contributed by atoms with Crippen molar-refractivity contribution < 1.29 is 4.79 Å². The molecule has 2 rings (SSSR count). The number of benzene rings is 1. The maximum Gasteiger partial charge on any atom is 0.224 e. The van der Waals surface area contributed by atoms with Gasteiger partial charge in [-0.05, 0) is 62.2 Å². The van der Waals surface area contributed by atoms with E-state index in [0.717, 1.165) is 44.0 Å². The van der Waals surface area contributed by atoms with Gasteiger partial charge in [-0.3, -0.25) is 4.79 Å². The third-order valence-electron chi connectivity index (χ3n) is 4.48. The van der Waals surface area contributed by atoms with E-state index in [4.69, 9.17) is 0 Å². The van der Waals surface area contributed by atoms with Crippen LogP contribution in [-0.4, -0.2) is 25.5 Å². The highest BCUT2D eigenvalue weighted by Crippen LogP contribution is 2.13. The Balaban J connectivity index is 1.65. The highest BCUT2D eigenvalue weighted by atomic mass is 16.1. The fourth-order valence-electron chi connectivity index (χ4n) is 3.04. The summed E-state index contributed by atoms with van der Waals surface area (Å²) in [7, 11) is 0. The predicted molar refractivity (Wildman–Crippen MR) is 92.0 cm³/mol. The summed E-state index contributed by atoms with van der Waals surface area (Å²) in [5, 5.41) is 6.48. The molecule has 0 aliphatic carbocycles. The molecule has 0 saturated carbocycles. The van der Waals surface area contributed by atoms with Crippen molar-refractivity contribution in [2.75, 3.05) is 19.6 Å². The van der Waals surface area contributed by atoms with Crippen LogP contribution in [0.5, 0.6) is 0 Å². The van der Waals surface area contributed by atoms with Crippen molar-refractivity contribution in [3.8, 4) is 0 Å². The average Bonchev–Trinajstić information content (AvgIpc) is 2.55. The van der Waals surface area contributed by atoms with Crippen LogP contribution in [0.1, 0.15) is 50.2 Å². The van der Waals surface area contributed by atoms with E-state index >= 15 is 0 Å². The smallest absolute Gasteiger partial charge is 0.224 e. The van der Waals surface area contributed by atoms with Gasteiger partial charge in [0, 0.05) is 6.54 Å². The predicted octanol–water partition coefficient (Wildman–Crippen LogP) is 3.08. The van der Waals surface area contributed by atoms with Crippen LogP contribution in [-0.2, 0) is 17.6 Å². The van der Waals surface area contributed by atoms with Gasteiger partial charge in [-0.25, -0.2) is 0 Å². The molecule has 1 amide bonds. The van der Waals surface area contributed by atoms with Crippen molar-refractivity contribution in [1.29, 1.82) is 0 Å². The number of nitrogens with one attached hydrogen (secondary N) is 2. The summed E-state index contributed by atoms with van der Waals surface area (Å²) in [5.74, 6) is 0.872. The first-order chi connectivity index (χ1) is 10.8. The van der Waals surface area contributed by atoms with Gasteiger partial charge in [-0.1, -0.05) is 37.6 Å². The molecule has 1 heterocycles. The fourth-order valence-corrected chi connectivity index (χ4v) is 3.04. The van der Waals surface area contributed by atoms with Crippen LogP contribution in [0, 0.1) is 5.92 Å². The third-order valence-corrected chi connectivity index (χ3v) is 4.48. The summed E-state index contributed by atoms with van der Waals surface area (Å²) in [5.41, 5.74) is 2.48. The van der Waals surface area contributed by atoms with Crippen molar-refractivity contribution in [2.45, 2.75) is 51.9 Å². The molecule has 0 bridgehead atoms. The van der Waals surface area contributed by atoms with Gasteiger partial charge in [0.25, 0.3) is 0 Å². The van der Waals surface area contributed by atoms with Crippen LogP contribution in [0.25, 0.3) is 0 Å². The first-order valence-electron chi connectivity index (χ1n) is 8.83. The molecule has 1 unspecified atom stereocenters. The number of hydrogen-bond donors (Lipinski definition) is 2. The molecule has 3 heteroatoms. The lowest BCUT2D eigenvalue weighted by molar-refractivity contribution is -0.120. The molecule has 1 saturated heterocycles. The molecule has 1 aliphatic heterocycles. The van der Waals surface area contributed by atoms with E-state index < -0.39 is 0 Å². The van der Waals surface area contributed by atoms with Gasteiger partial charge < -0.3 is 10.6 Å². The molecule has 122 valence electrons. The normalized spacial score (nSPS) is 18.1. The SMILES string of the molecule is CCCCc1ccc(CC(=O)NCCC2CCCNC2)cc1. The highest BCUT2D eigenvalue weighted by Gasteiger charge is 2.12. The standard InChI is InChI=1S/C19H30N2O/c1-2-3-5-16-7-9-17(10-8-16)14-19(22)21-13-11-18-6-4-12-20-15-18/h7-10,18,20H,2-6,11-15H2,1H3,(H,21,22). The van der Waals surface area contributed by atoms with Gasteiger partial charge in [-0.2, -0.15) is 0 Å². The summed E-state index contributed by atoms with van der Waals surface area (Å²) in [4.78, 5) is 12.0. The van der Waals surface area contributed by atoms with E-state index in [1.165, 1.54) is 31.2 Å². The molecule has 1 atom stereocenters. The zero-order chi connectivity index (χ0) is 15.6. The van der Waals surface area contributed by atoms with E-state index in [-0.39, 0.29) is 5.91 Å². The molecular weight excluding hydrogens is 272 g/mol. The number of hydrogen-bond acceptors (Lipinski definition) is 2. The average molecular weight is 302 g/mol. The summed E-state index contributed by atoms with van der Waals surface area (Å²) >= 11 is 0. The van der Waals surface area contributed by atoms with Crippen molar-refractivity contribution in [2.24, 2.45) is 5.92 Å². The van der Waals surface area contributed by atoms with Crippen LogP contribution in [0.4, 0.5) is 0 Å². The number of unbranched alkanes of at least 4 members (excludes halogenated alkanes) is 1. The molecule has 0 radical (unpaired) electrons. The molecule has 3 nitrogen and oxygen atoms in total. The zero-order valence-electron chi connectivity index (χ0n) is 13.9. The maximum atomic E-state index is 12.0. The van der Waals surface area contributed by atoms with Gasteiger partial charge in [0.15, 0.2) is 0 Å². The zero-order valence-corrected chi connectivity index (χ0v) is 13.9. The van der Waals surface area contributed by atoms with Crippen LogP contribution >= 0.6 is 0 Å². The number of rotatable bonds is 8. The van der Waals surface area contributed by atoms with Crippen molar-refractivity contribution >= 4 is 5.91 Å². The van der Waals surface area contributed by atoms with Crippen LogP contribution in [0.2, 0.25) is 0 Å². The number of piperidine rings is 1. The first-order valence-corrected chi connectivity index (χ1v) is 8.83. The van der Waals surface area contributed by atoms with Crippen LogP contribution in [0.3, 0.4) is 0 Å². The minimum Gasteiger partial charge on any atom is -0.356 e. The Kier molecular flexibility index (Phi) is 7.44. The van der Waals surface area contributed by atoms with E-state index in [2.05, 4.69) is 41.8 Å². The highest BCUT2D eigenvalue weighted by molar-refractivity contribution is 5.78. The van der Waals surface area contributed by atoms with Gasteiger partial charge in [0.2, 0.25) is 5.91 Å². The first kappa shape index (κ1) is 17.0. The summed E-state index contributed by atoms with van der Waals surface area (Å²) in [6.45, 7) is 5.27. The number of carbonyl (C=O) groups excluding carboxylic acids is 1. The largest absolute Gasteiger partial charge is 0.356 e. The van der Waals surface area contributed by atoms with E-state index in [0.29, 0.717) is 6.42 Å². The Labute approximate surface area is 134 Å². The Bertz CT molecular complexity index is 435. The lowest BCUT2D eigenvalue weighted by Crippen LogP contribution is -2.33. The second-order valence-electron chi connectivity index (χ2n) is 6.45. The number of carbonyl (C=O) groups is 1. The second-order valence-corrected chi connectivity index (χ2v) is 6.45. The van der Waals surface area contributed by atoms with Gasteiger partial charge in [0.05, 0.1) is 6.42 Å². The molecular formula is C19H30N2O. The third kappa shape index (κ3) is 6.18. The lowest BCUT2D eigenvalue weighted by atomic mass is 9.96. The Morgan fingerprint density at radius 3 is 2.73 bits per heavy atom. The summed E-state index contributed by atoms with van der Waals surface area (Å²) in [6, 6.07) is 8.50. The minimum atomic E-state index is 0.144. The lowest BCUT2D eigenvalue weighted by Gasteiger charge is -2.22. The summed E-state index contributed by atoms with van der Waals surface area (Å²) < 4.78 is 0. The van der Waals surface area contributed by atoms with Crippen LogP contribution < -0.4 is 10.6 Å². The number of aryl methyl sites for hydroxylation is 1. The molecule has 1 fully saturated rings. The monoisotopic (exact) mass is 302 g/mol. The van der Waals surface area contributed by atoms with Gasteiger partial charge >= 0.3 is 0 Å². The summed E-state index contributed by atoms with van der Waals surface area (Å²) in [6.07, 6.45) is 7.74. The molecule has 0 spiro atoms. The van der Waals surface area contributed by atoms with Crippen LogP contribution in [0.15, 0.2) is 24.3 Å². The molecule has 2 N–H and O–H groups in total. The van der Waals surface area contributed by atoms with Crippen molar-refractivity contribution in [1.82, 2.24) is 10.6 Å². The van der Waals surface area contributed by atoms with Gasteiger partial charge in [0.1, 0.15) is 0 Å². The Morgan fingerprint density at radius 1 is 1.27 bits per heavy atom. The maximum absolute atomic E-state index is 12.0. The minimum absolute atomic E-state index is 0.144. The molecule has 1 aliphatic rings. The van der Waals surface area contributed by atoms with E-state index in [1.807, 2.05) is 0 Å². The van der Waals surface area contributed by atoms with Crippen molar-refractivity contribution in [3.05, 3.63) is 35.4 Å². The second kappa shape index (κ2) is 9.62. The molecule has 1 aromatic carbocycles. The molecule has 0 aromatic heterocycles. The Hall–Kier alpha value is -1.35. The molecule has 1 aromatic rings. The molecule has 22 heavy (non-hydrogen) atoms. The number of amides is 1. The van der Waals surface area contributed by atoms with E-state index in [9.17, 15) is 4.79 Å². The quantitative estimate of drug-likeness (QED) is 0.775. The van der Waals surface area contributed by atoms with E-state index in [1.54, 1.807) is 0 Å². The van der Waals surface area contributed by atoms with Gasteiger partial charge in [-0.15, -0.1) is 0 Å². The fraction of sp³-hybridized carbons (Fsp3) is 0.632. The Morgan fingerprint density at radius 2 is 2.05 bits per heavy atom.